The quantitative estimate of drug-likeness (QED) is 0.443. The second-order valence-corrected chi connectivity index (χ2v) is 11.7. The lowest BCUT2D eigenvalue weighted by Crippen LogP contribution is -2.50. The molecule has 218 valence electrons. The van der Waals surface area contributed by atoms with Gasteiger partial charge in [-0.05, 0) is 60.7 Å². The summed E-state index contributed by atoms with van der Waals surface area (Å²) in [5.74, 6) is -0.391. The fourth-order valence-corrected chi connectivity index (χ4v) is 6.01. The van der Waals surface area contributed by atoms with Crippen LogP contribution in [0.15, 0.2) is 42.7 Å². The number of carbonyl (C=O) groups excluding carboxylic acids is 1. The standard InChI is InChI=1S/C29H31F4N5O3/c1-27(40)6-8-37(9-7-27)13-18-10-21-22(23(11-18)29(31,32)33)14-38(26(21)39)20-5-3-4-19(12-20)28(15-41-16-28)24(30)25-35-34-17-36(25)2/h3-5,10-12,17,24,40H,6-9,13-16H2,1-2H3/t24-/m1/s1. The Morgan fingerprint density at radius 2 is 1.88 bits per heavy atom. The first-order chi connectivity index (χ1) is 19.4. The van der Waals surface area contributed by atoms with Crippen LogP contribution in [-0.2, 0) is 36.5 Å². The molecule has 0 unspecified atom stereocenters. The van der Waals surface area contributed by atoms with Gasteiger partial charge in [0.05, 0.1) is 36.3 Å². The molecule has 1 aromatic heterocycles. The number of aryl methyl sites for hydroxylation is 1. The summed E-state index contributed by atoms with van der Waals surface area (Å²) in [5.41, 5.74) is -1.36. The van der Waals surface area contributed by atoms with Gasteiger partial charge in [-0.25, -0.2) is 4.39 Å². The summed E-state index contributed by atoms with van der Waals surface area (Å²) in [5, 5.41) is 17.9. The van der Waals surface area contributed by atoms with Crippen molar-refractivity contribution < 1.29 is 32.2 Å². The van der Waals surface area contributed by atoms with Gasteiger partial charge in [0.25, 0.3) is 5.91 Å². The maximum atomic E-state index is 15.9. The molecule has 2 fully saturated rings. The predicted molar refractivity (Wildman–Crippen MR) is 141 cm³/mol. The van der Waals surface area contributed by atoms with Crippen molar-refractivity contribution in [2.24, 2.45) is 7.05 Å². The molecule has 3 aromatic rings. The summed E-state index contributed by atoms with van der Waals surface area (Å²) >= 11 is 0. The monoisotopic (exact) mass is 573 g/mol. The van der Waals surface area contributed by atoms with Gasteiger partial charge in [0, 0.05) is 37.9 Å². The van der Waals surface area contributed by atoms with E-state index in [-0.39, 0.29) is 43.3 Å². The molecule has 1 N–H and O–H groups in total. The van der Waals surface area contributed by atoms with Crippen molar-refractivity contribution in [1.82, 2.24) is 19.7 Å². The highest BCUT2D eigenvalue weighted by Gasteiger charge is 2.51. The van der Waals surface area contributed by atoms with Crippen molar-refractivity contribution in [2.45, 2.75) is 56.2 Å². The number of aliphatic hydroxyl groups is 1. The molecule has 1 amide bonds. The zero-order chi connectivity index (χ0) is 29.2. The normalized spacial score (nSPS) is 21.0. The average Bonchev–Trinajstić information content (AvgIpc) is 3.47. The Hall–Kier alpha value is -3.35. The van der Waals surface area contributed by atoms with E-state index in [2.05, 4.69) is 10.2 Å². The van der Waals surface area contributed by atoms with Crippen molar-refractivity contribution in [3.63, 3.8) is 0 Å². The van der Waals surface area contributed by atoms with E-state index in [1.807, 2.05) is 4.90 Å². The number of rotatable bonds is 6. The van der Waals surface area contributed by atoms with Crippen LogP contribution in [0.3, 0.4) is 0 Å². The van der Waals surface area contributed by atoms with Gasteiger partial charge in [0.1, 0.15) is 6.33 Å². The number of nitrogens with zero attached hydrogens (tertiary/aromatic N) is 5. The minimum absolute atomic E-state index is 0.0216. The zero-order valence-corrected chi connectivity index (χ0v) is 22.8. The Morgan fingerprint density at radius 3 is 2.49 bits per heavy atom. The Labute approximate surface area is 234 Å². The van der Waals surface area contributed by atoms with E-state index >= 15 is 4.39 Å². The molecule has 4 heterocycles. The molecule has 0 aliphatic carbocycles. The van der Waals surface area contributed by atoms with Gasteiger partial charge >= 0.3 is 6.18 Å². The number of carbonyl (C=O) groups is 1. The van der Waals surface area contributed by atoms with E-state index in [9.17, 15) is 23.1 Å². The smallest absolute Gasteiger partial charge is 0.390 e. The van der Waals surface area contributed by atoms with Gasteiger partial charge in [-0.3, -0.25) is 9.69 Å². The van der Waals surface area contributed by atoms with Crippen molar-refractivity contribution in [3.8, 4) is 0 Å². The molecule has 0 saturated carbocycles. The maximum absolute atomic E-state index is 15.9. The summed E-state index contributed by atoms with van der Waals surface area (Å²) in [4.78, 5) is 16.9. The van der Waals surface area contributed by atoms with Gasteiger partial charge in [-0.15, -0.1) is 10.2 Å². The van der Waals surface area contributed by atoms with Gasteiger partial charge in [-0.2, -0.15) is 13.2 Å². The van der Waals surface area contributed by atoms with Crippen LogP contribution in [0.1, 0.15) is 64.4 Å². The summed E-state index contributed by atoms with van der Waals surface area (Å²) in [6, 6.07) is 9.39. The number of fused-ring (bicyclic) bond motifs is 1. The Balaban J connectivity index is 1.31. The minimum Gasteiger partial charge on any atom is -0.390 e. The van der Waals surface area contributed by atoms with Crippen molar-refractivity contribution in [1.29, 1.82) is 0 Å². The number of piperidine rings is 1. The lowest BCUT2D eigenvalue weighted by molar-refractivity contribution is -0.138. The number of hydrogen-bond donors (Lipinski definition) is 1. The summed E-state index contributed by atoms with van der Waals surface area (Å²) in [7, 11) is 1.65. The second kappa shape index (κ2) is 9.88. The Bertz CT molecular complexity index is 1470. The van der Waals surface area contributed by atoms with E-state index in [1.54, 1.807) is 44.3 Å². The van der Waals surface area contributed by atoms with Crippen LogP contribution in [0.5, 0.6) is 0 Å². The highest BCUT2D eigenvalue weighted by molar-refractivity contribution is 6.10. The van der Waals surface area contributed by atoms with E-state index < -0.39 is 34.8 Å². The summed E-state index contributed by atoms with van der Waals surface area (Å²) < 4.78 is 65.5. The number of likely N-dealkylation sites (tertiary alicyclic amines) is 1. The number of hydrogen-bond acceptors (Lipinski definition) is 6. The minimum atomic E-state index is -4.64. The van der Waals surface area contributed by atoms with Gasteiger partial charge in [0.15, 0.2) is 12.0 Å². The molecule has 12 heteroatoms. The summed E-state index contributed by atoms with van der Waals surface area (Å²) in [6.45, 7) is 3.04. The maximum Gasteiger partial charge on any atom is 0.416 e. The molecular weight excluding hydrogens is 542 g/mol. The molecule has 0 spiro atoms. The van der Waals surface area contributed by atoms with Crippen molar-refractivity contribution >= 4 is 11.6 Å². The third-order valence-corrected chi connectivity index (χ3v) is 8.66. The third-order valence-electron chi connectivity index (χ3n) is 8.66. The highest BCUT2D eigenvalue weighted by atomic mass is 19.4. The summed E-state index contributed by atoms with van der Waals surface area (Å²) in [6.07, 6.45) is -3.73. The SMILES string of the molecule is Cn1cnnc1[C@@H](F)C1(c2cccc(N3Cc4c(cc(CN5CCC(C)(O)CC5)cc4C(F)(F)F)C3=O)c2)COC1. The molecule has 0 radical (unpaired) electrons. The molecule has 41 heavy (non-hydrogen) atoms. The van der Waals surface area contributed by atoms with Crippen LogP contribution in [-0.4, -0.2) is 62.6 Å². The molecule has 2 aromatic carbocycles. The van der Waals surface area contributed by atoms with Crippen LogP contribution < -0.4 is 4.90 Å². The molecule has 3 aliphatic heterocycles. The van der Waals surface area contributed by atoms with E-state index in [1.165, 1.54) is 15.8 Å². The fourth-order valence-electron chi connectivity index (χ4n) is 6.01. The number of benzene rings is 2. The van der Waals surface area contributed by atoms with Crippen LogP contribution in [0.2, 0.25) is 0 Å². The van der Waals surface area contributed by atoms with Crippen LogP contribution in [0.4, 0.5) is 23.2 Å². The van der Waals surface area contributed by atoms with Gasteiger partial charge in [0.2, 0.25) is 0 Å². The van der Waals surface area contributed by atoms with Crippen LogP contribution >= 0.6 is 0 Å². The third kappa shape index (κ3) is 4.91. The van der Waals surface area contributed by atoms with Crippen molar-refractivity contribution in [2.75, 3.05) is 31.2 Å². The molecule has 0 bridgehead atoms. The van der Waals surface area contributed by atoms with Crippen LogP contribution in [0, 0.1) is 0 Å². The molecule has 2 saturated heterocycles. The lowest BCUT2D eigenvalue weighted by atomic mass is 9.74. The van der Waals surface area contributed by atoms with Gasteiger partial charge < -0.3 is 19.3 Å². The lowest BCUT2D eigenvalue weighted by Gasteiger charge is -2.43. The number of alkyl halides is 4. The molecular formula is C29H31F4N5O3. The van der Waals surface area contributed by atoms with E-state index in [4.69, 9.17) is 4.74 Å². The number of aromatic nitrogens is 3. The molecule has 1 atom stereocenters. The predicted octanol–water partition coefficient (Wildman–Crippen LogP) is 4.32. The number of anilines is 1. The highest BCUT2D eigenvalue weighted by Crippen LogP contribution is 2.47. The topological polar surface area (TPSA) is 83.7 Å². The van der Waals surface area contributed by atoms with Gasteiger partial charge in [-0.1, -0.05) is 12.1 Å². The largest absolute Gasteiger partial charge is 0.416 e. The average molecular weight is 574 g/mol. The molecule has 3 aliphatic rings. The first kappa shape index (κ1) is 27.8. The number of ether oxygens (including phenoxy) is 1. The second-order valence-electron chi connectivity index (χ2n) is 11.7. The number of amides is 1. The van der Waals surface area contributed by atoms with E-state index in [0.29, 0.717) is 42.7 Å². The zero-order valence-electron chi connectivity index (χ0n) is 22.8. The molecule has 6 rings (SSSR count). The fraction of sp³-hybridized carbons (Fsp3) is 0.483. The first-order valence-electron chi connectivity index (χ1n) is 13.5. The Morgan fingerprint density at radius 1 is 1.15 bits per heavy atom. The first-order valence-corrected chi connectivity index (χ1v) is 13.5. The van der Waals surface area contributed by atoms with E-state index in [0.717, 1.165) is 6.07 Å². The number of halogens is 4. The van der Waals surface area contributed by atoms with Crippen LogP contribution in [0.25, 0.3) is 0 Å². The van der Waals surface area contributed by atoms with Crippen molar-refractivity contribution in [3.05, 3.63) is 76.4 Å². The molecule has 8 nitrogen and oxygen atoms in total. The Kier molecular flexibility index (Phi) is 6.70.